The lowest BCUT2D eigenvalue weighted by molar-refractivity contribution is 0.326. The largest absolute Gasteiger partial charge is 0.493 e. The van der Waals surface area contributed by atoms with Crippen LogP contribution in [0.3, 0.4) is 0 Å². The normalized spacial score (nSPS) is 11.0. The number of fused-ring (bicyclic) bond motifs is 1. The van der Waals surface area contributed by atoms with Crippen molar-refractivity contribution < 1.29 is 14.2 Å². The molecule has 0 aliphatic heterocycles. The zero-order valence-electron chi connectivity index (χ0n) is 15.1. The van der Waals surface area contributed by atoms with Crippen LogP contribution in [0.15, 0.2) is 17.2 Å². The van der Waals surface area contributed by atoms with Crippen LogP contribution in [0.5, 0.6) is 17.2 Å². The molecule has 0 aliphatic carbocycles. The van der Waals surface area contributed by atoms with Gasteiger partial charge in [-0.05, 0) is 19.9 Å². The minimum Gasteiger partial charge on any atom is -0.493 e. The number of rotatable bonds is 4. The number of aryl methyl sites for hydroxylation is 2. The summed E-state index contributed by atoms with van der Waals surface area (Å²) in [5, 5.41) is 4.74. The molecular weight excluding hydrogens is 324 g/mol. The van der Waals surface area contributed by atoms with Gasteiger partial charge in [0.2, 0.25) is 5.75 Å². The van der Waals surface area contributed by atoms with Crippen molar-refractivity contribution in [3.63, 3.8) is 0 Å². The molecule has 8 heteroatoms. The van der Waals surface area contributed by atoms with E-state index in [1.165, 1.54) is 32.2 Å². The van der Waals surface area contributed by atoms with Crippen LogP contribution in [-0.4, -0.2) is 40.7 Å². The van der Waals surface area contributed by atoms with Gasteiger partial charge >= 0.3 is 0 Å². The molecule has 25 heavy (non-hydrogen) atoms. The molecule has 2 aromatic heterocycles. The fourth-order valence-electron chi connectivity index (χ4n) is 3.00. The molecule has 0 saturated carbocycles. The first-order valence-corrected chi connectivity index (χ1v) is 7.65. The lowest BCUT2D eigenvalue weighted by Crippen LogP contribution is -2.20. The lowest BCUT2D eigenvalue weighted by atomic mass is 10.2. The van der Waals surface area contributed by atoms with Gasteiger partial charge in [-0.25, -0.2) is 4.98 Å². The molecule has 0 amide bonds. The number of benzene rings is 1. The van der Waals surface area contributed by atoms with Crippen LogP contribution in [0.1, 0.15) is 11.4 Å². The maximum atomic E-state index is 13.1. The molecule has 0 radical (unpaired) electrons. The van der Waals surface area contributed by atoms with Crippen LogP contribution in [0, 0.1) is 13.8 Å². The predicted octanol–water partition coefficient (Wildman–Crippen LogP) is 1.76. The van der Waals surface area contributed by atoms with E-state index in [-0.39, 0.29) is 5.56 Å². The summed E-state index contributed by atoms with van der Waals surface area (Å²) in [6, 6.07) is 1.61. The van der Waals surface area contributed by atoms with Crippen molar-refractivity contribution in [3.8, 4) is 22.9 Å². The highest BCUT2D eigenvalue weighted by Crippen LogP contribution is 2.41. The van der Waals surface area contributed by atoms with Gasteiger partial charge in [-0.3, -0.25) is 14.0 Å². The summed E-state index contributed by atoms with van der Waals surface area (Å²) in [6.07, 6.45) is 1.48. The fourth-order valence-corrected chi connectivity index (χ4v) is 3.00. The molecule has 0 unspecified atom stereocenters. The van der Waals surface area contributed by atoms with E-state index in [2.05, 4.69) is 10.1 Å². The van der Waals surface area contributed by atoms with E-state index >= 15 is 0 Å². The van der Waals surface area contributed by atoms with Crippen LogP contribution in [0.4, 0.5) is 0 Å². The molecule has 0 aliphatic rings. The molecule has 0 bridgehead atoms. The second-order valence-electron chi connectivity index (χ2n) is 5.60. The van der Waals surface area contributed by atoms with Gasteiger partial charge in [0.1, 0.15) is 11.8 Å². The number of aromatic nitrogens is 4. The summed E-state index contributed by atoms with van der Waals surface area (Å²) >= 11 is 0. The average Bonchev–Trinajstić information content (AvgIpc) is 2.86. The van der Waals surface area contributed by atoms with E-state index in [9.17, 15) is 4.79 Å². The van der Waals surface area contributed by atoms with E-state index in [1.54, 1.807) is 10.7 Å². The summed E-state index contributed by atoms with van der Waals surface area (Å²) in [5.41, 5.74) is 2.52. The van der Waals surface area contributed by atoms with Crippen LogP contribution >= 0.6 is 0 Å². The highest BCUT2D eigenvalue weighted by molar-refractivity contribution is 5.89. The van der Waals surface area contributed by atoms with Gasteiger partial charge in [0.05, 0.1) is 43.8 Å². The molecule has 132 valence electrons. The molecule has 0 spiro atoms. The Labute approximate surface area is 144 Å². The van der Waals surface area contributed by atoms with Crippen LogP contribution in [0.25, 0.3) is 16.6 Å². The van der Waals surface area contributed by atoms with Crippen molar-refractivity contribution in [3.05, 3.63) is 34.1 Å². The van der Waals surface area contributed by atoms with Crippen molar-refractivity contribution in [1.29, 1.82) is 0 Å². The lowest BCUT2D eigenvalue weighted by Gasteiger charge is -2.15. The van der Waals surface area contributed by atoms with Crippen LogP contribution in [-0.2, 0) is 7.05 Å². The second-order valence-corrected chi connectivity index (χ2v) is 5.60. The standard InChI is InChI=1S/C17H20N4O4/c1-9-14(10(2)20(3)19-9)21-8-18-13-11(17(21)22)7-12(23-4)15(24-5)16(13)25-6/h7-8H,1-6H3. The molecule has 2 heterocycles. The van der Waals surface area contributed by atoms with Crippen LogP contribution in [0.2, 0.25) is 0 Å². The molecular formula is C17H20N4O4. The number of methoxy groups -OCH3 is 3. The van der Waals surface area contributed by atoms with Gasteiger partial charge in [-0.2, -0.15) is 5.10 Å². The minimum atomic E-state index is -0.233. The molecule has 0 saturated heterocycles. The van der Waals surface area contributed by atoms with Gasteiger partial charge in [0, 0.05) is 7.05 Å². The number of hydrogen-bond acceptors (Lipinski definition) is 6. The molecule has 0 N–H and O–H groups in total. The maximum Gasteiger partial charge on any atom is 0.266 e. The summed E-state index contributed by atoms with van der Waals surface area (Å²) in [4.78, 5) is 17.5. The third-order valence-corrected chi connectivity index (χ3v) is 4.27. The second kappa shape index (κ2) is 6.12. The van der Waals surface area contributed by atoms with Gasteiger partial charge in [-0.15, -0.1) is 0 Å². The highest BCUT2D eigenvalue weighted by Gasteiger charge is 2.21. The van der Waals surface area contributed by atoms with E-state index in [0.29, 0.717) is 28.2 Å². The molecule has 8 nitrogen and oxygen atoms in total. The number of nitrogens with zero attached hydrogens (tertiary/aromatic N) is 4. The highest BCUT2D eigenvalue weighted by atomic mass is 16.5. The molecule has 1 aromatic carbocycles. The first-order chi connectivity index (χ1) is 11.9. The predicted molar refractivity (Wildman–Crippen MR) is 93.2 cm³/mol. The van der Waals surface area contributed by atoms with Crippen LogP contribution < -0.4 is 19.8 Å². The third-order valence-electron chi connectivity index (χ3n) is 4.27. The SMILES string of the molecule is COc1cc2c(=O)n(-c3c(C)nn(C)c3C)cnc2c(OC)c1OC. The molecule has 3 aromatic rings. The Kier molecular flexibility index (Phi) is 4.12. The fraction of sp³-hybridized carbons (Fsp3) is 0.353. The van der Waals surface area contributed by atoms with E-state index < -0.39 is 0 Å². The summed E-state index contributed by atoms with van der Waals surface area (Å²) in [5.74, 6) is 1.17. The Morgan fingerprint density at radius 1 is 1.04 bits per heavy atom. The Hall–Kier alpha value is -3.03. The maximum absolute atomic E-state index is 13.1. The minimum absolute atomic E-state index is 0.233. The number of ether oxygens (including phenoxy) is 3. The number of hydrogen-bond donors (Lipinski definition) is 0. The zero-order chi connectivity index (χ0) is 18.3. The molecule has 0 fully saturated rings. The first-order valence-electron chi connectivity index (χ1n) is 7.65. The summed E-state index contributed by atoms with van der Waals surface area (Å²) < 4.78 is 19.3. The van der Waals surface area contributed by atoms with Crippen molar-refractivity contribution >= 4 is 10.9 Å². The van der Waals surface area contributed by atoms with Gasteiger partial charge in [0.25, 0.3) is 5.56 Å². The van der Waals surface area contributed by atoms with Gasteiger partial charge in [-0.1, -0.05) is 0 Å². The van der Waals surface area contributed by atoms with E-state index in [0.717, 1.165) is 17.1 Å². The van der Waals surface area contributed by atoms with Gasteiger partial charge < -0.3 is 14.2 Å². The molecule has 3 rings (SSSR count). The van der Waals surface area contributed by atoms with Crippen molar-refractivity contribution in [2.75, 3.05) is 21.3 Å². The Bertz CT molecular complexity index is 1020. The third kappa shape index (κ3) is 2.41. The Balaban J connectivity index is 2.40. The van der Waals surface area contributed by atoms with Crippen molar-refractivity contribution in [2.24, 2.45) is 7.05 Å². The van der Waals surface area contributed by atoms with E-state index in [1.807, 2.05) is 20.9 Å². The summed E-state index contributed by atoms with van der Waals surface area (Å²) in [7, 11) is 6.35. The molecule has 0 atom stereocenters. The monoisotopic (exact) mass is 344 g/mol. The van der Waals surface area contributed by atoms with E-state index in [4.69, 9.17) is 14.2 Å². The van der Waals surface area contributed by atoms with Crippen molar-refractivity contribution in [1.82, 2.24) is 19.3 Å². The van der Waals surface area contributed by atoms with Crippen molar-refractivity contribution in [2.45, 2.75) is 13.8 Å². The smallest absolute Gasteiger partial charge is 0.266 e. The summed E-state index contributed by atoms with van der Waals surface area (Å²) in [6.45, 7) is 3.76. The quantitative estimate of drug-likeness (QED) is 0.717. The average molecular weight is 344 g/mol. The Morgan fingerprint density at radius 2 is 1.72 bits per heavy atom. The zero-order valence-corrected chi connectivity index (χ0v) is 15.1. The Morgan fingerprint density at radius 3 is 2.24 bits per heavy atom. The van der Waals surface area contributed by atoms with Gasteiger partial charge in [0.15, 0.2) is 11.5 Å². The topological polar surface area (TPSA) is 80.4 Å². The first kappa shape index (κ1) is 16.8.